The molecule has 1 aliphatic heterocycles. The topological polar surface area (TPSA) is 12.0 Å². The number of fused-ring (bicyclic) bond motifs is 1. The van der Waals surface area contributed by atoms with Crippen LogP contribution in [0.1, 0.15) is 30.4 Å². The van der Waals surface area contributed by atoms with Crippen molar-refractivity contribution in [3.8, 4) is 0 Å². The van der Waals surface area contributed by atoms with Crippen LogP contribution in [0, 0.1) is 0 Å². The van der Waals surface area contributed by atoms with Gasteiger partial charge in [0.15, 0.2) is 0 Å². The predicted molar refractivity (Wildman–Crippen MR) is 75.7 cm³/mol. The lowest BCUT2D eigenvalue weighted by atomic mass is 9.88. The smallest absolute Gasteiger partial charge is 0.0113 e. The molecule has 1 saturated heterocycles. The Morgan fingerprint density at radius 3 is 2.53 bits per heavy atom. The van der Waals surface area contributed by atoms with E-state index in [9.17, 15) is 0 Å². The first-order valence-electron chi connectivity index (χ1n) is 6.82. The number of nitrogens with one attached hydrogen (secondary N) is 1. The van der Waals surface area contributed by atoms with Gasteiger partial charge in [-0.15, -0.1) is 0 Å². The second-order valence-electron chi connectivity index (χ2n) is 5.26. The third-order valence-electron chi connectivity index (χ3n) is 4.04. The molecule has 0 amide bonds. The molecule has 17 heavy (non-hydrogen) atoms. The van der Waals surface area contributed by atoms with Crippen molar-refractivity contribution in [2.24, 2.45) is 0 Å². The van der Waals surface area contributed by atoms with E-state index in [2.05, 4.69) is 41.3 Å². The molecule has 0 spiro atoms. The Hall–Kier alpha value is -0.470. The molecule has 1 aromatic rings. The molecule has 1 nitrogen and oxygen atoms in total. The van der Waals surface area contributed by atoms with Crippen molar-refractivity contribution >= 4 is 11.8 Å². The molecule has 2 heteroatoms. The highest BCUT2D eigenvalue weighted by Gasteiger charge is 2.22. The molecule has 3 rings (SSSR count). The molecule has 1 N–H and O–H groups in total. The van der Waals surface area contributed by atoms with E-state index in [0.29, 0.717) is 0 Å². The van der Waals surface area contributed by atoms with Gasteiger partial charge in [0.2, 0.25) is 0 Å². The minimum absolute atomic E-state index is 0.720. The van der Waals surface area contributed by atoms with Gasteiger partial charge in [0.25, 0.3) is 0 Å². The molecule has 0 bridgehead atoms. The Balaban J connectivity index is 1.60. The van der Waals surface area contributed by atoms with E-state index in [0.717, 1.165) is 12.1 Å². The third-order valence-corrected chi connectivity index (χ3v) is 5.09. The monoisotopic (exact) mass is 247 g/mol. The summed E-state index contributed by atoms with van der Waals surface area (Å²) < 4.78 is 0. The van der Waals surface area contributed by atoms with Crippen LogP contribution in [0.3, 0.4) is 0 Å². The van der Waals surface area contributed by atoms with E-state index >= 15 is 0 Å². The van der Waals surface area contributed by atoms with Crippen LogP contribution < -0.4 is 5.32 Å². The number of hydrogen-bond acceptors (Lipinski definition) is 2. The van der Waals surface area contributed by atoms with Gasteiger partial charge in [0.05, 0.1) is 0 Å². The van der Waals surface area contributed by atoms with Crippen molar-refractivity contribution in [2.75, 3.05) is 11.5 Å². The van der Waals surface area contributed by atoms with Gasteiger partial charge in [-0.3, -0.25) is 0 Å². The average Bonchev–Trinajstić information content (AvgIpc) is 2.40. The summed E-state index contributed by atoms with van der Waals surface area (Å²) in [6.45, 7) is 0. The Morgan fingerprint density at radius 2 is 1.71 bits per heavy atom. The summed E-state index contributed by atoms with van der Waals surface area (Å²) in [5.41, 5.74) is 3.14. The van der Waals surface area contributed by atoms with Crippen molar-refractivity contribution in [2.45, 2.75) is 44.2 Å². The molecule has 1 fully saturated rings. The molecule has 1 heterocycles. The maximum Gasteiger partial charge on any atom is 0.0113 e. The molecule has 0 aromatic heterocycles. The van der Waals surface area contributed by atoms with Gasteiger partial charge in [0, 0.05) is 12.1 Å². The lowest BCUT2D eigenvalue weighted by Gasteiger charge is -2.31. The molecular formula is C15H21NS. The number of hydrogen-bond donors (Lipinski definition) is 1. The van der Waals surface area contributed by atoms with E-state index in [1.807, 2.05) is 0 Å². The van der Waals surface area contributed by atoms with E-state index in [1.165, 1.54) is 43.6 Å². The highest BCUT2D eigenvalue weighted by Crippen LogP contribution is 2.23. The predicted octanol–water partition coefficient (Wildman–Crippen LogP) is 3.03. The van der Waals surface area contributed by atoms with Gasteiger partial charge in [-0.05, 0) is 54.7 Å². The van der Waals surface area contributed by atoms with E-state index in [1.54, 1.807) is 11.1 Å². The molecule has 1 atom stereocenters. The summed E-state index contributed by atoms with van der Waals surface area (Å²) >= 11 is 2.11. The Morgan fingerprint density at radius 1 is 0.941 bits per heavy atom. The lowest BCUT2D eigenvalue weighted by molar-refractivity contribution is 0.377. The fourth-order valence-electron chi connectivity index (χ4n) is 3.04. The zero-order valence-corrected chi connectivity index (χ0v) is 11.1. The highest BCUT2D eigenvalue weighted by molar-refractivity contribution is 7.99. The molecule has 1 aromatic carbocycles. The molecule has 2 aliphatic rings. The van der Waals surface area contributed by atoms with Gasteiger partial charge in [-0.2, -0.15) is 11.8 Å². The van der Waals surface area contributed by atoms with Crippen molar-refractivity contribution in [1.29, 1.82) is 0 Å². The van der Waals surface area contributed by atoms with Crippen LogP contribution in [0.2, 0.25) is 0 Å². The average molecular weight is 247 g/mol. The van der Waals surface area contributed by atoms with Crippen LogP contribution in [-0.4, -0.2) is 23.6 Å². The standard InChI is InChI=1S/C15H21NS/c1-2-4-13-11-15(6-5-12(13)3-1)16-14-7-9-17-10-8-14/h1-4,14-16H,5-11H2. The highest BCUT2D eigenvalue weighted by atomic mass is 32.2. The molecule has 92 valence electrons. The quantitative estimate of drug-likeness (QED) is 0.862. The summed E-state index contributed by atoms with van der Waals surface area (Å²) in [5, 5.41) is 3.89. The Kier molecular flexibility index (Phi) is 3.72. The molecule has 1 unspecified atom stereocenters. The Labute approximate surface area is 108 Å². The zero-order chi connectivity index (χ0) is 11.5. The van der Waals surface area contributed by atoms with E-state index < -0.39 is 0 Å². The van der Waals surface area contributed by atoms with Crippen LogP contribution in [0.4, 0.5) is 0 Å². The van der Waals surface area contributed by atoms with Crippen LogP contribution >= 0.6 is 11.8 Å². The summed E-state index contributed by atoms with van der Waals surface area (Å²) in [6, 6.07) is 10.5. The first-order valence-corrected chi connectivity index (χ1v) is 7.98. The molecule has 0 radical (unpaired) electrons. The lowest BCUT2D eigenvalue weighted by Crippen LogP contribution is -2.43. The van der Waals surface area contributed by atoms with Crippen LogP contribution in [0.5, 0.6) is 0 Å². The SMILES string of the molecule is c1ccc2c(c1)CCC(NC1CCSCC1)C2. The van der Waals surface area contributed by atoms with Crippen LogP contribution in [0.25, 0.3) is 0 Å². The first kappa shape index (κ1) is 11.6. The van der Waals surface area contributed by atoms with Gasteiger partial charge in [-0.1, -0.05) is 24.3 Å². The fourth-order valence-corrected chi connectivity index (χ4v) is 4.14. The Bertz CT molecular complexity index is 371. The normalized spacial score (nSPS) is 25.5. The van der Waals surface area contributed by atoms with Crippen molar-refractivity contribution in [3.63, 3.8) is 0 Å². The van der Waals surface area contributed by atoms with Gasteiger partial charge < -0.3 is 5.32 Å². The zero-order valence-electron chi connectivity index (χ0n) is 10.3. The second kappa shape index (κ2) is 5.45. The van der Waals surface area contributed by atoms with Gasteiger partial charge in [0.1, 0.15) is 0 Å². The molecule has 1 aliphatic carbocycles. The van der Waals surface area contributed by atoms with Gasteiger partial charge in [-0.25, -0.2) is 0 Å². The minimum Gasteiger partial charge on any atom is -0.311 e. The summed E-state index contributed by atoms with van der Waals surface area (Å²) in [6.07, 6.45) is 6.54. The largest absolute Gasteiger partial charge is 0.311 e. The van der Waals surface area contributed by atoms with Crippen molar-refractivity contribution in [3.05, 3.63) is 35.4 Å². The van der Waals surface area contributed by atoms with Crippen LogP contribution in [0.15, 0.2) is 24.3 Å². The summed E-state index contributed by atoms with van der Waals surface area (Å²) in [5.74, 6) is 2.70. The first-order chi connectivity index (χ1) is 8.42. The van der Waals surface area contributed by atoms with E-state index in [4.69, 9.17) is 0 Å². The van der Waals surface area contributed by atoms with E-state index in [-0.39, 0.29) is 0 Å². The maximum atomic E-state index is 3.89. The fraction of sp³-hybridized carbons (Fsp3) is 0.600. The van der Waals surface area contributed by atoms with Crippen LogP contribution in [-0.2, 0) is 12.8 Å². The van der Waals surface area contributed by atoms with Gasteiger partial charge >= 0.3 is 0 Å². The second-order valence-corrected chi connectivity index (χ2v) is 6.49. The van der Waals surface area contributed by atoms with Crippen molar-refractivity contribution in [1.82, 2.24) is 5.32 Å². The number of rotatable bonds is 2. The minimum atomic E-state index is 0.720. The summed E-state index contributed by atoms with van der Waals surface area (Å²) in [4.78, 5) is 0. The molecular weight excluding hydrogens is 226 g/mol. The third kappa shape index (κ3) is 2.86. The summed E-state index contributed by atoms with van der Waals surface area (Å²) in [7, 11) is 0. The number of aryl methyl sites for hydroxylation is 1. The number of thioether (sulfide) groups is 1. The number of benzene rings is 1. The molecule has 0 saturated carbocycles. The van der Waals surface area contributed by atoms with Crippen molar-refractivity contribution < 1.29 is 0 Å². The maximum absolute atomic E-state index is 3.89.